The van der Waals surface area contributed by atoms with Crippen LogP contribution in [0.5, 0.6) is 11.5 Å². The molecule has 9 aromatic rings. The summed E-state index contributed by atoms with van der Waals surface area (Å²) in [5.41, 5.74) is 9.24. The smallest absolute Gasteiger partial charge is 0.135 e. The number of rotatable bonds is 5. The van der Waals surface area contributed by atoms with Crippen LogP contribution in [-0.4, -0.2) is 19.7 Å². The van der Waals surface area contributed by atoms with Crippen molar-refractivity contribution in [2.75, 3.05) is 9.80 Å². The zero-order valence-corrected chi connectivity index (χ0v) is 35.1. The summed E-state index contributed by atoms with van der Waals surface area (Å²) < 4.78 is 11.7. The largest absolute Gasteiger partial charge is 0.507 e. The van der Waals surface area contributed by atoms with Crippen LogP contribution in [-0.2, 0) is 26.5 Å². The van der Waals surface area contributed by atoms with Gasteiger partial charge in [-0.25, -0.2) is 4.98 Å². The van der Waals surface area contributed by atoms with E-state index in [1.807, 2.05) is 18.3 Å². The molecule has 0 radical (unpaired) electrons. The standard InChI is InChI=1S/C50H42N5O.Pt/c1-49(2,3)33-27-28-51-45(29-33)55-40-24-13-10-21-37(40)46-43(55)31-44(48-47(46)38-22-11-12-23-39(38)54(48)34-17-8-7-9-18-34)56-36-20-16-19-35(30-36)52-32-53(50(4,5)6)42-26-15-14-25-41(42)52;/h7-29,32H,1-6H3;/q-3;. The SMILES string of the molecule is CC(C)(C)c1ccnc(-n2c3[c-]c(Oc4[c-]c(N5[CH-]N(C(C)(C)C)c6ccccc65)ccc4)c4c(c5ccccc5n4-c4ccccc4)c3c3ccccc32)c1.[Pt]. The zero-order valence-electron chi connectivity index (χ0n) is 32.8. The van der Waals surface area contributed by atoms with Crippen molar-refractivity contribution in [3.63, 3.8) is 0 Å². The molecule has 0 spiro atoms. The summed E-state index contributed by atoms with van der Waals surface area (Å²) in [6.45, 7) is 15.6. The number of pyridine rings is 1. The van der Waals surface area contributed by atoms with Gasteiger partial charge in [-0.2, -0.15) is 12.7 Å². The molecule has 286 valence electrons. The van der Waals surface area contributed by atoms with Crippen molar-refractivity contribution in [1.82, 2.24) is 14.1 Å². The average Bonchev–Trinajstić information content (AvgIpc) is 3.87. The van der Waals surface area contributed by atoms with Gasteiger partial charge in [0.2, 0.25) is 0 Å². The van der Waals surface area contributed by atoms with E-state index in [4.69, 9.17) is 9.72 Å². The molecule has 0 bridgehead atoms. The number of hydrogen-bond donors (Lipinski definition) is 0. The molecule has 0 aliphatic carbocycles. The van der Waals surface area contributed by atoms with E-state index in [-0.39, 0.29) is 32.0 Å². The van der Waals surface area contributed by atoms with Gasteiger partial charge in [-0.3, -0.25) is 0 Å². The van der Waals surface area contributed by atoms with E-state index in [9.17, 15) is 0 Å². The van der Waals surface area contributed by atoms with Gasteiger partial charge in [0.25, 0.3) is 0 Å². The number of fused-ring (bicyclic) bond motifs is 8. The van der Waals surface area contributed by atoms with Gasteiger partial charge in [0.05, 0.1) is 0 Å². The summed E-state index contributed by atoms with van der Waals surface area (Å²) in [6.07, 6.45) is 1.92. The molecule has 0 atom stereocenters. The van der Waals surface area contributed by atoms with E-state index in [1.165, 1.54) is 5.56 Å². The Labute approximate surface area is 348 Å². The van der Waals surface area contributed by atoms with Crippen LogP contribution in [0, 0.1) is 18.8 Å². The van der Waals surface area contributed by atoms with E-state index in [2.05, 4.69) is 201 Å². The molecule has 0 saturated heterocycles. The van der Waals surface area contributed by atoms with Crippen molar-refractivity contribution >= 4 is 60.7 Å². The maximum absolute atomic E-state index is 7.12. The Bertz CT molecular complexity index is 2970. The van der Waals surface area contributed by atoms with Gasteiger partial charge in [0.15, 0.2) is 0 Å². The Morgan fingerprint density at radius 3 is 2.00 bits per heavy atom. The van der Waals surface area contributed by atoms with Crippen LogP contribution in [0.25, 0.3) is 55.1 Å². The third-order valence-corrected chi connectivity index (χ3v) is 10.9. The number of nitrogens with zero attached hydrogens (tertiary/aromatic N) is 5. The van der Waals surface area contributed by atoms with Crippen LogP contribution in [0.4, 0.5) is 17.1 Å². The minimum absolute atomic E-state index is 0. The molecule has 1 aliphatic rings. The Morgan fingerprint density at radius 1 is 0.632 bits per heavy atom. The van der Waals surface area contributed by atoms with Gasteiger partial charge in [-0.1, -0.05) is 104 Å². The van der Waals surface area contributed by atoms with Crippen molar-refractivity contribution in [1.29, 1.82) is 0 Å². The van der Waals surface area contributed by atoms with Crippen molar-refractivity contribution in [3.05, 3.63) is 164 Å². The van der Waals surface area contributed by atoms with Gasteiger partial charge < -0.3 is 23.7 Å². The van der Waals surface area contributed by atoms with Gasteiger partial charge in [0, 0.05) is 72.4 Å². The predicted molar refractivity (Wildman–Crippen MR) is 231 cm³/mol. The monoisotopic (exact) mass is 923 g/mol. The molecule has 1 aliphatic heterocycles. The van der Waals surface area contributed by atoms with Crippen molar-refractivity contribution in [2.24, 2.45) is 0 Å². The second kappa shape index (κ2) is 13.7. The molecule has 57 heavy (non-hydrogen) atoms. The van der Waals surface area contributed by atoms with E-state index in [1.54, 1.807) is 0 Å². The summed E-state index contributed by atoms with van der Waals surface area (Å²) in [5.74, 6) is 2.05. The normalized spacial score (nSPS) is 13.2. The summed E-state index contributed by atoms with van der Waals surface area (Å²) in [6, 6.07) is 54.2. The fourth-order valence-corrected chi connectivity index (χ4v) is 8.23. The number of hydrogen-bond acceptors (Lipinski definition) is 4. The second-order valence-corrected chi connectivity index (χ2v) is 16.6. The van der Waals surface area contributed by atoms with Crippen LogP contribution in [0.3, 0.4) is 0 Å². The molecule has 4 heterocycles. The van der Waals surface area contributed by atoms with Gasteiger partial charge >= 0.3 is 0 Å². The maximum atomic E-state index is 7.12. The number of para-hydroxylation sites is 5. The van der Waals surface area contributed by atoms with Crippen molar-refractivity contribution < 1.29 is 25.8 Å². The number of ether oxygens (including phenoxy) is 1. The maximum Gasteiger partial charge on any atom is 0.135 e. The van der Waals surface area contributed by atoms with E-state index >= 15 is 0 Å². The minimum atomic E-state index is -0.112. The first-order valence-electron chi connectivity index (χ1n) is 19.2. The van der Waals surface area contributed by atoms with Crippen molar-refractivity contribution in [2.45, 2.75) is 52.5 Å². The van der Waals surface area contributed by atoms with Crippen LogP contribution in [0.15, 0.2) is 140 Å². The molecule has 6 aromatic carbocycles. The number of aromatic nitrogens is 3. The molecule has 0 unspecified atom stereocenters. The zero-order chi connectivity index (χ0) is 38.3. The Morgan fingerprint density at radius 2 is 1.28 bits per heavy atom. The first-order valence-corrected chi connectivity index (χ1v) is 19.2. The van der Waals surface area contributed by atoms with Crippen LogP contribution < -0.4 is 14.5 Å². The summed E-state index contributed by atoms with van der Waals surface area (Å²) in [7, 11) is 0. The topological polar surface area (TPSA) is 38.5 Å². The van der Waals surface area contributed by atoms with Gasteiger partial charge in [-0.05, 0) is 96.6 Å². The molecule has 0 fully saturated rings. The van der Waals surface area contributed by atoms with E-state index < -0.39 is 0 Å². The van der Waals surface area contributed by atoms with Crippen LogP contribution in [0.1, 0.15) is 47.1 Å². The molecule has 0 amide bonds. The summed E-state index contributed by atoms with van der Waals surface area (Å²) in [5, 5.41) is 4.49. The number of benzene rings is 6. The van der Waals surface area contributed by atoms with E-state index in [0.717, 1.165) is 72.2 Å². The molecule has 10 rings (SSSR count). The number of anilines is 3. The molecule has 3 aromatic heterocycles. The summed E-state index contributed by atoms with van der Waals surface area (Å²) in [4.78, 5) is 9.49. The fraction of sp³-hybridized carbons (Fsp3) is 0.160. The molecule has 0 saturated carbocycles. The molecule has 0 N–H and O–H groups in total. The van der Waals surface area contributed by atoms with Crippen molar-refractivity contribution in [3.8, 4) is 23.0 Å². The van der Waals surface area contributed by atoms with Gasteiger partial charge in [-0.15, -0.1) is 30.0 Å². The summed E-state index contributed by atoms with van der Waals surface area (Å²) >= 11 is 0. The fourth-order valence-electron chi connectivity index (χ4n) is 8.23. The second-order valence-electron chi connectivity index (χ2n) is 16.6. The Balaban J connectivity index is 0.00000422. The van der Waals surface area contributed by atoms with Gasteiger partial charge in [0.1, 0.15) is 5.82 Å². The quantitative estimate of drug-likeness (QED) is 0.161. The van der Waals surface area contributed by atoms with E-state index in [0.29, 0.717) is 11.5 Å². The predicted octanol–water partition coefficient (Wildman–Crippen LogP) is 12.8. The van der Waals surface area contributed by atoms with Crippen LogP contribution >= 0.6 is 0 Å². The third-order valence-electron chi connectivity index (χ3n) is 10.9. The first-order chi connectivity index (χ1) is 27.1. The minimum Gasteiger partial charge on any atom is -0.507 e. The van der Waals surface area contributed by atoms with Crippen LogP contribution in [0.2, 0.25) is 0 Å². The third kappa shape index (κ3) is 6.01. The molecule has 6 nitrogen and oxygen atoms in total. The molecular weight excluding hydrogens is 882 g/mol. The Kier molecular flexibility index (Phi) is 8.82. The first kappa shape index (κ1) is 36.8. The average molecular weight is 924 g/mol. The Hall–Kier alpha value is -5.84. The molecule has 7 heteroatoms. The molecular formula is C50H42N5OPt-3.